The molecule has 7 heteroatoms. The predicted molar refractivity (Wildman–Crippen MR) is 114 cm³/mol. The first-order valence-corrected chi connectivity index (χ1v) is 10.9. The summed E-state index contributed by atoms with van der Waals surface area (Å²) in [4.78, 5) is 52.6. The summed E-state index contributed by atoms with van der Waals surface area (Å²) in [6.45, 7) is 5.94. The van der Waals surface area contributed by atoms with Crippen LogP contribution in [-0.2, 0) is 19.1 Å². The van der Waals surface area contributed by atoms with Gasteiger partial charge in [0.2, 0.25) is 17.7 Å². The Morgan fingerprint density at radius 1 is 1.06 bits per heavy atom. The molecule has 3 aliphatic rings. The molecule has 0 radical (unpaired) electrons. The summed E-state index contributed by atoms with van der Waals surface area (Å²) in [5, 5.41) is 2.81. The zero-order chi connectivity index (χ0) is 22.3. The number of nitrogens with zero attached hydrogens (tertiary/aromatic N) is 1. The molecule has 1 saturated heterocycles. The van der Waals surface area contributed by atoms with Crippen molar-refractivity contribution in [3.8, 4) is 0 Å². The van der Waals surface area contributed by atoms with Crippen molar-refractivity contribution in [2.75, 3.05) is 11.9 Å². The van der Waals surface area contributed by atoms with Crippen LogP contribution in [0.3, 0.4) is 0 Å². The smallest absolute Gasteiger partial charge is 0.338 e. The maximum atomic E-state index is 13.2. The van der Waals surface area contributed by atoms with Gasteiger partial charge in [0, 0.05) is 5.69 Å². The van der Waals surface area contributed by atoms with Crippen LogP contribution in [0.2, 0.25) is 0 Å². The highest BCUT2D eigenvalue weighted by Gasteiger charge is 2.61. The van der Waals surface area contributed by atoms with Crippen LogP contribution >= 0.6 is 0 Å². The van der Waals surface area contributed by atoms with Crippen LogP contribution in [0.25, 0.3) is 0 Å². The first-order chi connectivity index (χ1) is 14.8. The molecule has 1 aromatic carbocycles. The van der Waals surface area contributed by atoms with E-state index < -0.39 is 12.0 Å². The molecular weight excluding hydrogens is 396 g/mol. The largest absolute Gasteiger partial charge is 0.462 e. The zero-order valence-corrected chi connectivity index (χ0v) is 18.0. The Labute approximate surface area is 181 Å². The van der Waals surface area contributed by atoms with Crippen molar-refractivity contribution < 1.29 is 23.9 Å². The van der Waals surface area contributed by atoms with E-state index in [9.17, 15) is 19.2 Å². The molecule has 5 atom stereocenters. The third kappa shape index (κ3) is 3.77. The lowest BCUT2D eigenvalue weighted by Gasteiger charge is -2.28. The van der Waals surface area contributed by atoms with Gasteiger partial charge in [0.15, 0.2) is 0 Å². The molecule has 2 fully saturated rings. The number of hydrogen-bond donors (Lipinski definition) is 1. The molecule has 7 nitrogen and oxygen atoms in total. The first-order valence-electron chi connectivity index (χ1n) is 10.9. The van der Waals surface area contributed by atoms with Gasteiger partial charge >= 0.3 is 5.97 Å². The van der Waals surface area contributed by atoms with Crippen LogP contribution in [0.4, 0.5) is 5.69 Å². The van der Waals surface area contributed by atoms with Crippen LogP contribution in [0, 0.1) is 29.6 Å². The summed E-state index contributed by atoms with van der Waals surface area (Å²) in [5.41, 5.74) is 0.882. The van der Waals surface area contributed by atoms with Crippen molar-refractivity contribution >= 4 is 29.4 Å². The molecule has 1 heterocycles. The van der Waals surface area contributed by atoms with Crippen molar-refractivity contribution in [2.24, 2.45) is 29.6 Å². The van der Waals surface area contributed by atoms with E-state index in [-0.39, 0.29) is 53.9 Å². The lowest BCUT2D eigenvalue weighted by molar-refractivity contribution is -0.147. The number of hydrogen-bond acceptors (Lipinski definition) is 5. The number of amides is 3. The molecule has 1 aliphatic heterocycles. The molecule has 0 aromatic heterocycles. The highest BCUT2D eigenvalue weighted by molar-refractivity contribution is 6.10. The van der Waals surface area contributed by atoms with E-state index in [0.29, 0.717) is 17.7 Å². The fourth-order valence-electron chi connectivity index (χ4n) is 5.14. The highest BCUT2D eigenvalue weighted by Crippen LogP contribution is 2.53. The minimum Gasteiger partial charge on any atom is -0.462 e. The summed E-state index contributed by atoms with van der Waals surface area (Å²) in [7, 11) is 0. The summed E-state index contributed by atoms with van der Waals surface area (Å²) in [6.07, 6.45) is 5.34. The molecule has 1 N–H and O–H groups in total. The summed E-state index contributed by atoms with van der Waals surface area (Å²) in [5.74, 6) is -1.57. The van der Waals surface area contributed by atoms with E-state index in [0.717, 1.165) is 6.42 Å². The molecule has 1 saturated carbocycles. The second-order valence-corrected chi connectivity index (χ2v) is 8.98. The average molecular weight is 424 g/mol. The molecule has 4 rings (SSSR count). The number of imide groups is 1. The first kappa shape index (κ1) is 21.3. The van der Waals surface area contributed by atoms with E-state index in [1.54, 1.807) is 31.2 Å². The van der Waals surface area contributed by atoms with Crippen molar-refractivity contribution in [1.82, 2.24) is 4.90 Å². The number of carbonyl (C=O) groups is 4. The van der Waals surface area contributed by atoms with Crippen LogP contribution in [0.5, 0.6) is 0 Å². The zero-order valence-electron chi connectivity index (χ0n) is 18.0. The second-order valence-electron chi connectivity index (χ2n) is 8.98. The highest BCUT2D eigenvalue weighted by atomic mass is 16.5. The van der Waals surface area contributed by atoms with E-state index in [4.69, 9.17) is 4.74 Å². The van der Waals surface area contributed by atoms with Gasteiger partial charge in [-0.15, -0.1) is 0 Å². The van der Waals surface area contributed by atoms with Crippen molar-refractivity contribution in [1.29, 1.82) is 0 Å². The SMILES string of the molecule is CCOC(=O)c1ccc(NC(=O)[C@H](CC(C)C)N2C(=O)[C@@H]3[C@H](C2=O)[C@@H]2C=C[C@H]3C2)cc1. The molecule has 1 aromatic rings. The number of esters is 1. The third-order valence-corrected chi connectivity index (χ3v) is 6.48. The third-order valence-electron chi connectivity index (χ3n) is 6.48. The standard InChI is InChI=1S/C24H28N2O5/c1-4-31-24(30)14-7-9-17(10-8-14)25-21(27)18(11-13(2)3)26-22(28)19-15-5-6-16(12-15)20(19)23(26)29/h5-10,13,15-16,18-20H,4,11-12H2,1-3H3,(H,25,27)/t15-,16+,18-,19-,20+/m0/s1. The second kappa shape index (κ2) is 8.29. The van der Waals surface area contributed by atoms with Gasteiger partial charge in [-0.05, 0) is 61.8 Å². The average Bonchev–Trinajstić information content (AvgIpc) is 3.41. The molecular formula is C24H28N2O5. The quantitative estimate of drug-likeness (QED) is 0.413. The number of likely N-dealkylation sites (tertiary alicyclic amines) is 1. The normalized spacial score (nSPS) is 27.0. The Bertz CT molecular complexity index is 906. The summed E-state index contributed by atoms with van der Waals surface area (Å²) in [6, 6.07) is 5.53. The van der Waals surface area contributed by atoms with E-state index in [1.807, 2.05) is 26.0 Å². The number of nitrogens with one attached hydrogen (secondary N) is 1. The number of ether oxygens (including phenoxy) is 1. The number of rotatable bonds is 7. The maximum Gasteiger partial charge on any atom is 0.338 e. The molecule has 3 amide bonds. The number of carbonyl (C=O) groups excluding carboxylic acids is 4. The molecule has 2 bridgehead atoms. The van der Waals surface area contributed by atoms with Crippen molar-refractivity contribution in [2.45, 2.75) is 39.7 Å². The Morgan fingerprint density at radius 3 is 2.16 bits per heavy atom. The fraction of sp³-hybridized carbons (Fsp3) is 0.500. The Balaban J connectivity index is 1.52. The fourth-order valence-corrected chi connectivity index (χ4v) is 5.14. The van der Waals surface area contributed by atoms with Crippen LogP contribution < -0.4 is 5.32 Å². The van der Waals surface area contributed by atoms with E-state index in [2.05, 4.69) is 5.32 Å². The Hall–Kier alpha value is -2.96. The van der Waals surface area contributed by atoms with Crippen LogP contribution in [-0.4, -0.2) is 41.2 Å². The maximum absolute atomic E-state index is 13.2. The molecule has 0 spiro atoms. The number of anilines is 1. The van der Waals surface area contributed by atoms with Gasteiger partial charge in [-0.25, -0.2) is 4.79 Å². The number of allylic oxidation sites excluding steroid dienone is 2. The monoisotopic (exact) mass is 424 g/mol. The van der Waals surface area contributed by atoms with Gasteiger partial charge in [-0.3, -0.25) is 19.3 Å². The van der Waals surface area contributed by atoms with E-state index in [1.165, 1.54) is 4.90 Å². The van der Waals surface area contributed by atoms with Gasteiger partial charge in [0.1, 0.15) is 6.04 Å². The minimum atomic E-state index is -0.852. The van der Waals surface area contributed by atoms with Crippen LogP contribution in [0.15, 0.2) is 36.4 Å². The molecule has 2 aliphatic carbocycles. The van der Waals surface area contributed by atoms with Gasteiger partial charge in [0.25, 0.3) is 0 Å². The number of fused-ring (bicyclic) bond motifs is 5. The topological polar surface area (TPSA) is 92.8 Å². The molecule has 31 heavy (non-hydrogen) atoms. The summed E-state index contributed by atoms with van der Waals surface area (Å²) < 4.78 is 4.97. The lowest BCUT2D eigenvalue weighted by atomic mass is 9.85. The van der Waals surface area contributed by atoms with Gasteiger partial charge in [0.05, 0.1) is 24.0 Å². The van der Waals surface area contributed by atoms with Crippen molar-refractivity contribution in [3.05, 3.63) is 42.0 Å². The number of benzene rings is 1. The Morgan fingerprint density at radius 2 is 1.65 bits per heavy atom. The van der Waals surface area contributed by atoms with Gasteiger partial charge in [-0.1, -0.05) is 26.0 Å². The predicted octanol–water partition coefficient (Wildman–Crippen LogP) is 3.02. The van der Waals surface area contributed by atoms with Gasteiger partial charge in [-0.2, -0.15) is 0 Å². The van der Waals surface area contributed by atoms with Crippen LogP contribution in [0.1, 0.15) is 44.0 Å². The molecule has 0 unspecified atom stereocenters. The van der Waals surface area contributed by atoms with Crippen molar-refractivity contribution in [3.63, 3.8) is 0 Å². The van der Waals surface area contributed by atoms with Gasteiger partial charge < -0.3 is 10.1 Å². The van der Waals surface area contributed by atoms with E-state index >= 15 is 0 Å². The molecule has 164 valence electrons. The lowest BCUT2D eigenvalue weighted by Crippen LogP contribution is -2.49. The Kier molecular flexibility index (Phi) is 5.69. The minimum absolute atomic E-state index is 0.106. The summed E-state index contributed by atoms with van der Waals surface area (Å²) >= 11 is 0.